The summed E-state index contributed by atoms with van der Waals surface area (Å²) in [5.41, 5.74) is 0. The van der Waals surface area contributed by atoms with Gasteiger partial charge in [-0.25, -0.2) is 8.42 Å². The largest absolute Gasteiger partial charge is 0.355 e. The summed E-state index contributed by atoms with van der Waals surface area (Å²) in [4.78, 5) is 15.7. The molecule has 23 heavy (non-hydrogen) atoms. The highest BCUT2D eigenvalue weighted by atomic mass is 32.2. The van der Waals surface area contributed by atoms with E-state index in [4.69, 9.17) is 4.52 Å². The predicted octanol–water partition coefficient (Wildman–Crippen LogP) is 2.02. The van der Waals surface area contributed by atoms with Gasteiger partial charge in [0.05, 0.1) is 0 Å². The number of unbranched alkanes of at least 4 members (excludes halogenated alkanes) is 4. The second-order valence-electron chi connectivity index (χ2n) is 5.65. The summed E-state index contributed by atoms with van der Waals surface area (Å²) in [6, 6.07) is 0. The second kappa shape index (κ2) is 10.4. The van der Waals surface area contributed by atoms with Gasteiger partial charge in [0, 0.05) is 13.0 Å². The summed E-state index contributed by atoms with van der Waals surface area (Å²) < 4.78 is 28.9. The Morgan fingerprint density at radius 3 is 2.57 bits per heavy atom. The Balaban J connectivity index is 2.37. The molecule has 8 heteroatoms. The highest BCUT2D eigenvalue weighted by Crippen LogP contribution is 2.07. The van der Waals surface area contributed by atoms with Crippen molar-refractivity contribution in [1.29, 1.82) is 0 Å². The van der Waals surface area contributed by atoms with Gasteiger partial charge in [0.25, 0.3) is 0 Å². The first kappa shape index (κ1) is 19.6. The highest BCUT2D eigenvalue weighted by Gasteiger charge is 2.21. The zero-order valence-electron chi connectivity index (χ0n) is 14.0. The van der Waals surface area contributed by atoms with E-state index in [1.54, 1.807) is 0 Å². The van der Waals surface area contributed by atoms with Crippen LogP contribution in [0.4, 0.5) is 0 Å². The van der Waals surface area contributed by atoms with E-state index in [-0.39, 0.29) is 5.89 Å². The molecule has 0 saturated carbocycles. The van der Waals surface area contributed by atoms with Crippen molar-refractivity contribution < 1.29 is 17.7 Å². The maximum Gasteiger partial charge on any atom is 0.241 e. The van der Waals surface area contributed by atoms with Crippen LogP contribution in [0.5, 0.6) is 0 Å². The summed E-state index contributed by atoms with van der Waals surface area (Å²) in [6.45, 7) is 4.67. The van der Waals surface area contributed by atoms with E-state index in [0.717, 1.165) is 38.5 Å². The van der Waals surface area contributed by atoms with Gasteiger partial charge >= 0.3 is 0 Å². The van der Waals surface area contributed by atoms with Gasteiger partial charge in [0.1, 0.15) is 11.5 Å². The lowest BCUT2D eigenvalue weighted by atomic mass is 10.2. The quantitative estimate of drug-likeness (QED) is 0.581. The lowest BCUT2D eigenvalue weighted by Gasteiger charge is -2.05. The number of sulfone groups is 1. The first-order valence-corrected chi connectivity index (χ1v) is 10.1. The first-order chi connectivity index (χ1) is 11.0. The number of carbonyl (C=O) groups is 1. The Morgan fingerprint density at radius 2 is 1.87 bits per heavy atom. The predicted molar refractivity (Wildman–Crippen MR) is 87.6 cm³/mol. The number of amides is 1. The fraction of sp³-hybridized carbons (Fsp3) is 0.800. The van der Waals surface area contributed by atoms with E-state index in [1.807, 2.05) is 6.92 Å². The van der Waals surface area contributed by atoms with E-state index in [0.29, 0.717) is 18.8 Å². The topological polar surface area (TPSA) is 102 Å². The molecule has 1 N–H and O–H groups in total. The standard InChI is InChI=1S/C15H27N3O4S/c1-3-5-7-8-10-16-14(19)11-23(20,21)12-15-17-13(18-22-15)9-6-4-2/h3-12H2,1-2H3,(H,16,19). The third-order valence-corrected chi connectivity index (χ3v) is 4.70. The molecule has 1 rings (SSSR count). The average Bonchev–Trinajstić information content (AvgIpc) is 2.90. The molecule has 0 aliphatic rings. The molecule has 0 radical (unpaired) electrons. The van der Waals surface area contributed by atoms with E-state index in [9.17, 15) is 13.2 Å². The van der Waals surface area contributed by atoms with Gasteiger partial charge in [-0.3, -0.25) is 4.79 Å². The van der Waals surface area contributed by atoms with Crippen LogP contribution in [0.1, 0.15) is 64.1 Å². The second-order valence-corrected chi connectivity index (χ2v) is 7.72. The maximum atomic E-state index is 12.0. The monoisotopic (exact) mass is 345 g/mol. The van der Waals surface area contributed by atoms with Crippen LogP contribution in [0, 0.1) is 0 Å². The van der Waals surface area contributed by atoms with E-state index in [2.05, 4.69) is 22.4 Å². The third kappa shape index (κ3) is 8.68. The van der Waals surface area contributed by atoms with Crippen LogP contribution in [0.25, 0.3) is 0 Å². The molecule has 0 aliphatic carbocycles. The lowest BCUT2D eigenvalue weighted by molar-refractivity contribution is -0.118. The van der Waals surface area contributed by atoms with Gasteiger partial charge in [-0.2, -0.15) is 4.98 Å². The minimum absolute atomic E-state index is 0.0480. The Labute approximate surface area is 138 Å². The third-order valence-electron chi connectivity index (χ3n) is 3.31. The van der Waals surface area contributed by atoms with Crippen LogP contribution < -0.4 is 5.32 Å². The molecule has 1 aromatic rings. The van der Waals surface area contributed by atoms with Crippen LogP contribution in [0.3, 0.4) is 0 Å². The van der Waals surface area contributed by atoms with Gasteiger partial charge in [-0.15, -0.1) is 0 Å². The smallest absolute Gasteiger partial charge is 0.241 e. The van der Waals surface area contributed by atoms with Crippen molar-refractivity contribution in [3.05, 3.63) is 11.7 Å². The summed E-state index contributed by atoms with van der Waals surface area (Å²) >= 11 is 0. The summed E-state index contributed by atoms with van der Waals surface area (Å²) in [5, 5.41) is 6.38. The molecule has 0 spiro atoms. The maximum absolute atomic E-state index is 12.0. The fourth-order valence-electron chi connectivity index (χ4n) is 2.05. The molecule has 0 saturated heterocycles. The van der Waals surface area contributed by atoms with Gasteiger partial charge < -0.3 is 9.84 Å². The molecule has 0 fully saturated rings. The van der Waals surface area contributed by atoms with Crippen molar-refractivity contribution >= 4 is 15.7 Å². The number of nitrogens with one attached hydrogen (secondary N) is 1. The van der Waals surface area contributed by atoms with Gasteiger partial charge in [0.2, 0.25) is 11.8 Å². The van der Waals surface area contributed by atoms with Crippen molar-refractivity contribution in [3.8, 4) is 0 Å². The highest BCUT2D eigenvalue weighted by molar-refractivity contribution is 7.91. The van der Waals surface area contributed by atoms with E-state index in [1.165, 1.54) is 0 Å². The molecule has 1 aromatic heterocycles. The molecule has 0 atom stereocenters. The molecular weight excluding hydrogens is 318 g/mol. The number of aromatic nitrogens is 2. The zero-order chi connectivity index (χ0) is 17.1. The molecule has 0 unspecified atom stereocenters. The fourth-order valence-corrected chi connectivity index (χ4v) is 3.15. The first-order valence-electron chi connectivity index (χ1n) is 8.25. The molecule has 0 bridgehead atoms. The minimum atomic E-state index is -3.60. The van der Waals surface area contributed by atoms with Crippen LogP contribution in [0.15, 0.2) is 4.52 Å². The zero-order valence-corrected chi connectivity index (χ0v) is 14.8. The number of nitrogens with zero attached hydrogens (tertiary/aromatic N) is 2. The van der Waals surface area contributed by atoms with Crippen molar-refractivity contribution in [2.24, 2.45) is 0 Å². The summed E-state index contributed by atoms with van der Waals surface area (Å²) in [7, 11) is -3.60. The Hall–Kier alpha value is -1.44. The Morgan fingerprint density at radius 1 is 1.13 bits per heavy atom. The van der Waals surface area contributed by atoms with Crippen LogP contribution in [-0.4, -0.2) is 36.8 Å². The minimum Gasteiger partial charge on any atom is -0.355 e. The van der Waals surface area contributed by atoms with Crippen LogP contribution in [0.2, 0.25) is 0 Å². The van der Waals surface area contributed by atoms with E-state index < -0.39 is 27.3 Å². The molecule has 132 valence electrons. The van der Waals surface area contributed by atoms with Gasteiger partial charge in [-0.05, 0) is 12.8 Å². The van der Waals surface area contributed by atoms with Gasteiger partial charge in [0.15, 0.2) is 15.7 Å². The number of aryl methyl sites for hydroxylation is 1. The summed E-state index contributed by atoms with van der Waals surface area (Å²) in [6.07, 6.45) is 6.72. The molecule has 0 aliphatic heterocycles. The molecule has 1 heterocycles. The van der Waals surface area contributed by atoms with Crippen molar-refractivity contribution in [2.75, 3.05) is 12.3 Å². The molecular formula is C15H27N3O4S. The molecule has 1 amide bonds. The number of carbonyl (C=O) groups excluding carboxylic acids is 1. The summed E-state index contributed by atoms with van der Waals surface area (Å²) in [5.74, 6) is -0.862. The molecule has 7 nitrogen and oxygen atoms in total. The average molecular weight is 345 g/mol. The normalized spacial score (nSPS) is 11.6. The SMILES string of the molecule is CCCCCCNC(=O)CS(=O)(=O)Cc1nc(CCCC)no1. The van der Waals surface area contributed by atoms with Crippen LogP contribution in [-0.2, 0) is 26.8 Å². The lowest BCUT2D eigenvalue weighted by Crippen LogP contribution is -2.31. The van der Waals surface area contributed by atoms with Crippen LogP contribution >= 0.6 is 0 Å². The Kier molecular flexibility index (Phi) is 8.83. The van der Waals surface area contributed by atoms with Gasteiger partial charge in [-0.1, -0.05) is 44.7 Å². The number of hydrogen-bond acceptors (Lipinski definition) is 6. The number of rotatable bonds is 12. The van der Waals surface area contributed by atoms with Crippen molar-refractivity contribution in [1.82, 2.24) is 15.5 Å². The van der Waals surface area contributed by atoms with Crippen molar-refractivity contribution in [3.63, 3.8) is 0 Å². The number of hydrogen-bond donors (Lipinski definition) is 1. The Bertz CT molecular complexity index is 569. The van der Waals surface area contributed by atoms with E-state index >= 15 is 0 Å². The molecule has 0 aromatic carbocycles. The van der Waals surface area contributed by atoms with Crippen molar-refractivity contribution in [2.45, 2.75) is 64.5 Å².